The van der Waals surface area contributed by atoms with E-state index in [1.54, 1.807) is 11.9 Å². The quantitative estimate of drug-likeness (QED) is 0.697. The van der Waals surface area contributed by atoms with Crippen LogP contribution in [0.2, 0.25) is 0 Å². The van der Waals surface area contributed by atoms with E-state index in [1.165, 1.54) is 0 Å². The van der Waals surface area contributed by atoms with Gasteiger partial charge in [0.25, 0.3) is 0 Å². The van der Waals surface area contributed by atoms with E-state index in [4.69, 9.17) is 12.7 Å². The van der Waals surface area contributed by atoms with Gasteiger partial charge in [-0.15, -0.1) is 0 Å². The highest BCUT2D eigenvalue weighted by Gasteiger charge is 2.20. The Labute approximate surface area is 93.7 Å². The van der Waals surface area contributed by atoms with E-state index in [0.29, 0.717) is 0 Å². The molecule has 0 amide bonds. The second-order valence-electron chi connectivity index (χ2n) is 4.23. The lowest BCUT2D eigenvalue weighted by Gasteiger charge is -2.37. The first-order chi connectivity index (χ1) is 7.01. The van der Waals surface area contributed by atoms with Crippen molar-refractivity contribution in [3.05, 3.63) is 24.3 Å². The van der Waals surface area contributed by atoms with Gasteiger partial charge in [0.05, 0.1) is 7.11 Å². The fourth-order valence-corrected chi connectivity index (χ4v) is 1.26. The summed E-state index contributed by atoms with van der Waals surface area (Å²) < 4.78 is 5.10. The van der Waals surface area contributed by atoms with Gasteiger partial charge >= 0.3 is 0 Å². The van der Waals surface area contributed by atoms with Crippen molar-refractivity contribution in [2.75, 3.05) is 11.9 Å². The van der Waals surface area contributed by atoms with Crippen LogP contribution in [0.25, 0.3) is 0 Å². The second kappa shape index (κ2) is 4.60. The lowest BCUT2D eigenvalue weighted by molar-refractivity contribution is 0.414. The first kappa shape index (κ1) is 12.0. The van der Waals surface area contributed by atoms with Crippen molar-refractivity contribution in [2.24, 2.45) is 0 Å². The minimum absolute atomic E-state index is 0.0331. The molecule has 2 radical (unpaired) electrons. The Balaban J connectivity index is 2.87. The van der Waals surface area contributed by atoms with Crippen LogP contribution in [0.4, 0.5) is 5.69 Å². The van der Waals surface area contributed by atoms with Gasteiger partial charge in [-0.3, -0.25) is 0 Å². The van der Waals surface area contributed by atoms with Crippen molar-refractivity contribution in [3.63, 3.8) is 0 Å². The molecule has 0 spiro atoms. The Hall–Kier alpha value is -1.12. The zero-order valence-electron chi connectivity index (χ0n) is 9.95. The van der Waals surface area contributed by atoms with Crippen molar-refractivity contribution in [1.82, 2.24) is 0 Å². The van der Waals surface area contributed by atoms with Crippen LogP contribution in [0.1, 0.15) is 27.2 Å². The molecule has 0 bridgehead atoms. The lowest BCUT2D eigenvalue weighted by atomic mass is 9.94. The Morgan fingerprint density at radius 1 is 1.27 bits per heavy atom. The molecule has 0 N–H and O–H groups in total. The number of methoxy groups -OCH3 is 1. The van der Waals surface area contributed by atoms with E-state index >= 15 is 0 Å². The fraction of sp³-hybridized carbons (Fsp3) is 0.500. The minimum Gasteiger partial charge on any atom is -0.497 e. The maximum atomic E-state index is 6.07. The Morgan fingerprint density at radius 3 is 2.20 bits per heavy atom. The summed E-state index contributed by atoms with van der Waals surface area (Å²) in [5, 5.41) is 0. The third-order valence-electron chi connectivity index (χ3n) is 2.87. The summed E-state index contributed by atoms with van der Waals surface area (Å²) in [5.41, 5.74) is 0.969. The van der Waals surface area contributed by atoms with Gasteiger partial charge in [0.1, 0.15) is 5.75 Å². The van der Waals surface area contributed by atoms with Gasteiger partial charge in [-0.05, 0) is 44.5 Å². The summed E-state index contributed by atoms with van der Waals surface area (Å²) >= 11 is 0. The van der Waals surface area contributed by atoms with E-state index in [9.17, 15) is 0 Å². The summed E-state index contributed by atoms with van der Waals surface area (Å²) in [6.45, 7) is 6.37. The Bertz CT molecular complexity index is 308. The summed E-state index contributed by atoms with van der Waals surface area (Å²) in [5.74, 6) is 0.849. The lowest BCUT2D eigenvalue weighted by Crippen LogP contribution is -2.41. The van der Waals surface area contributed by atoms with Crippen LogP contribution in [0.15, 0.2) is 24.3 Å². The number of nitrogens with zero attached hydrogens (tertiary/aromatic N) is 1. The molecule has 3 heteroatoms. The van der Waals surface area contributed by atoms with Crippen molar-refractivity contribution in [1.29, 1.82) is 0 Å². The first-order valence-electron chi connectivity index (χ1n) is 5.20. The fourth-order valence-electron chi connectivity index (χ4n) is 1.26. The van der Waals surface area contributed by atoms with Crippen LogP contribution in [0.3, 0.4) is 0 Å². The summed E-state index contributed by atoms with van der Waals surface area (Å²) in [6, 6.07) is 7.77. The predicted molar refractivity (Wildman–Crippen MR) is 65.6 cm³/mol. The van der Waals surface area contributed by atoms with E-state index in [0.717, 1.165) is 17.9 Å². The van der Waals surface area contributed by atoms with Gasteiger partial charge < -0.3 is 9.55 Å². The number of hydrogen-bond acceptors (Lipinski definition) is 2. The monoisotopic (exact) mass is 203 g/mol. The van der Waals surface area contributed by atoms with E-state index in [-0.39, 0.29) is 5.54 Å². The average Bonchev–Trinajstić information content (AvgIpc) is 2.28. The molecule has 1 aromatic rings. The van der Waals surface area contributed by atoms with Gasteiger partial charge in [-0.25, -0.2) is 0 Å². The highest BCUT2D eigenvalue weighted by Crippen LogP contribution is 2.25. The molecule has 0 heterocycles. The van der Waals surface area contributed by atoms with E-state index in [1.807, 2.05) is 24.3 Å². The summed E-state index contributed by atoms with van der Waals surface area (Å²) in [6.07, 6.45) is 0.996. The predicted octanol–water partition coefficient (Wildman–Crippen LogP) is 2.77. The molecule has 0 aromatic heterocycles. The summed E-state index contributed by atoms with van der Waals surface area (Å²) in [7, 11) is 7.73. The highest BCUT2D eigenvalue weighted by molar-refractivity contribution is 6.18. The van der Waals surface area contributed by atoms with Gasteiger partial charge in [0.2, 0.25) is 7.98 Å². The van der Waals surface area contributed by atoms with Gasteiger partial charge in [-0.1, -0.05) is 6.92 Å². The molecular formula is C12H18BNO. The van der Waals surface area contributed by atoms with E-state index < -0.39 is 0 Å². The molecule has 0 aliphatic carbocycles. The Morgan fingerprint density at radius 2 is 1.80 bits per heavy atom. The number of anilines is 1. The zero-order chi connectivity index (χ0) is 11.5. The van der Waals surface area contributed by atoms with Crippen molar-refractivity contribution in [3.8, 4) is 5.75 Å². The van der Waals surface area contributed by atoms with Crippen LogP contribution in [0.5, 0.6) is 5.75 Å². The largest absolute Gasteiger partial charge is 0.497 e. The average molecular weight is 203 g/mol. The number of benzene rings is 1. The topological polar surface area (TPSA) is 12.5 Å². The highest BCUT2D eigenvalue weighted by atomic mass is 16.5. The van der Waals surface area contributed by atoms with Crippen molar-refractivity contribution < 1.29 is 4.74 Å². The maximum Gasteiger partial charge on any atom is 0.227 e. The molecule has 0 saturated carbocycles. The maximum absolute atomic E-state index is 6.07. The molecule has 15 heavy (non-hydrogen) atoms. The van der Waals surface area contributed by atoms with Crippen LogP contribution in [-0.4, -0.2) is 20.6 Å². The Kier molecular flexibility index (Phi) is 3.67. The molecule has 80 valence electrons. The third-order valence-corrected chi connectivity index (χ3v) is 2.87. The molecule has 1 aromatic carbocycles. The van der Waals surface area contributed by atoms with Crippen LogP contribution in [-0.2, 0) is 0 Å². The second-order valence-corrected chi connectivity index (χ2v) is 4.23. The van der Waals surface area contributed by atoms with Crippen LogP contribution < -0.4 is 9.55 Å². The standard InChI is InChI=1S/C12H18BNO/c1-5-12(2,3)14(13)10-6-8-11(15-4)9-7-10/h6-9H,5H2,1-4H3. The number of rotatable bonds is 4. The molecule has 0 saturated heterocycles. The van der Waals surface area contributed by atoms with Crippen molar-refractivity contribution >= 4 is 13.7 Å². The molecule has 0 atom stereocenters. The smallest absolute Gasteiger partial charge is 0.227 e. The van der Waals surface area contributed by atoms with Gasteiger partial charge in [-0.2, -0.15) is 0 Å². The molecule has 0 unspecified atom stereocenters. The number of ether oxygens (including phenoxy) is 1. The van der Waals surface area contributed by atoms with Crippen LogP contribution in [0, 0.1) is 0 Å². The molecular weight excluding hydrogens is 185 g/mol. The SMILES string of the molecule is [B]N(c1ccc(OC)cc1)C(C)(C)CC. The van der Waals surface area contributed by atoms with Gasteiger partial charge in [0.15, 0.2) is 0 Å². The summed E-state index contributed by atoms with van der Waals surface area (Å²) in [4.78, 5) is 1.80. The molecule has 0 aliphatic rings. The third kappa shape index (κ3) is 2.68. The van der Waals surface area contributed by atoms with Crippen LogP contribution >= 0.6 is 0 Å². The normalized spacial score (nSPS) is 11.2. The molecule has 0 fully saturated rings. The molecule has 0 aliphatic heterocycles. The first-order valence-corrected chi connectivity index (χ1v) is 5.20. The van der Waals surface area contributed by atoms with Gasteiger partial charge in [0, 0.05) is 11.2 Å². The van der Waals surface area contributed by atoms with Crippen molar-refractivity contribution in [2.45, 2.75) is 32.7 Å². The van der Waals surface area contributed by atoms with E-state index in [2.05, 4.69) is 20.8 Å². The zero-order valence-corrected chi connectivity index (χ0v) is 9.95. The minimum atomic E-state index is -0.0331. The number of hydrogen-bond donors (Lipinski definition) is 0. The molecule has 2 nitrogen and oxygen atoms in total. The molecule has 1 rings (SSSR count).